The fourth-order valence-corrected chi connectivity index (χ4v) is 3.67. The van der Waals surface area contributed by atoms with E-state index in [9.17, 15) is 9.18 Å². The summed E-state index contributed by atoms with van der Waals surface area (Å²) < 4.78 is 13.6. The molecular weight excluding hydrogens is 321 g/mol. The van der Waals surface area contributed by atoms with Crippen LogP contribution in [0.3, 0.4) is 0 Å². The summed E-state index contributed by atoms with van der Waals surface area (Å²) in [6.45, 7) is 0. The number of hydrogen-bond donors (Lipinski definition) is 3. The number of nitrogens with one attached hydrogen (secondary N) is 3. The largest absolute Gasteiger partial charge is 0.309 e. The monoisotopic (exact) mass is 337 g/mol. The highest BCUT2D eigenvalue weighted by Gasteiger charge is 2.38. The van der Waals surface area contributed by atoms with Gasteiger partial charge in [0, 0.05) is 40.6 Å². The Morgan fingerprint density at radius 1 is 1.20 bits per heavy atom. The second-order valence-electron chi connectivity index (χ2n) is 6.69. The van der Waals surface area contributed by atoms with Crippen molar-refractivity contribution in [2.75, 3.05) is 5.32 Å². The van der Waals surface area contributed by atoms with Crippen molar-refractivity contribution in [1.29, 1.82) is 0 Å². The first-order valence-corrected chi connectivity index (χ1v) is 8.38. The molecule has 1 aliphatic heterocycles. The number of fused-ring (bicyclic) bond motifs is 1. The number of amides is 1. The lowest BCUT2D eigenvalue weighted by Crippen LogP contribution is -2.23. The SMILES string of the molecule is O=C1CC(c2cn[nH]c2-c2cccc(F)c2)c2c(n[nH]c2C2CC2)N1. The molecule has 5 rings (SSSR count). The van der Waals surface area contributed by atoms with Gasteiger partial charge in [-0.2, -0.15) is 10.2 Å². The summed E-state index contributed by atoms with van der Waals surface area (Å²) in [6, 6.07) is 6.38. The molecule has 1 saturated carbocycles. The van der Waals surface area contributed by atoms with Crippen molar-refractivity contribution in [2.24, 2.45) is 0 Å². The number of nitrogens with zero attached hydrogens (tertiary/aromatic N) is 2. The number of carbonyl (C=O) groups excluding carboxylic acids is 1. The van der Waals surface area contributed by atoms with E-state index >= 15 is 0 Å². The molecule has 2 aliphatic rings. The van der Waals surface area contributed by atoms with Gasteiger partial charge in [0.15, 0.2) is 5.82 Å². The van der Waals surface area contributed by atoms with Gasteiger partial charge in [0.2, 0.25) is 5.91 Å². The van der Waals surface area contributed by atoms with Gasteiger partial charge >= 0.3 is 0 Å². The van der Waals surface area contributed by atoms with Crippen LogP contribution in [0.2, 0.25) is 0 Å². The second kappa shape index (κ2) is 5.27. The van der Waals surface area contributed by atoms with E-state index in [1.165, 1.54) is 12.1 Å². The number of rotatable bonds is 3. The van der Waals surface area contributed by atoms with Gasteiger partial charge in [-0.05, 0) is 25.0 Å². The van der Waals surface area contributed by atoms with Gasteiger partial charge in [0.05, 0.1) is 11.9 Å². The van der Waals surface area contributed by atoms with Crippen LogP contribution in [0.1, 0.15) is 47.9 Å². The Hall–Kier alpha value is -2.96. The molecule has 1 amide bonds. The van der Waals surface area contributed by atoms with Gasteiger partial charge in [0.1, 0.15) is 5.82 Å². The van der Waals surface area contributed by atoms with Crippen molar-refractivity contribution in [3.05, 3.63) is 53.1 Å². The summed E-state index contributed by atoms with van der Waals surface area (Å²) in [6.07, 6.45) is 4.33. The van der Waals surface area contributed by atoms with E-state index in [2.05, 4.69) is 25.7 Å². The molecule has 3 N–H and O–H groups in total. The summed E-state index contributed by atoms with van der Waals surface area (Å²) in [4.78, 5) is 12.2. The number of aromatic nitrogens is 4. The lowest BCUT2D eigenvalue weighted by atomic mass is 9.84. The minimum Gasteiger partial charge on any atom is -0.309 e. The predicted molar refractivity (Wildman–Crippen MR) is 89.6 cm³/mol. The predicted octanol–water partition coefficient (Wildman–Crippen LogP) is 3.29. The Morgan fingerprint density at radius 2 is 2.08 bits per heavy atom. The van der Waals surface area contributed by atoms with Crippen molar-refractivity contribution in [1.82, 2.24) is 20.4 Å². The van der Waals surface area contributed by atoms with E-state index < -0.39 is 0 Å². The summed E-state index contributed by atoms with van der Waals surface area (Å²) in [5.41, 5.74) is 4.50. The Labute approximate surface area is 142 Å². The molecule has 1 aliphatic carbocycles. The van der Waals surface area contributed by atoms with Crippen LogP contribution >= 0.6 is 0 Å². The fourth-order valence-electron chi connectivity index (χ4n) is 3.67. The van der Waals surface area contributed by atoms with Crippen molar-refractivity contribution < 1.29 is 9.18 Å². The lowest BCUT2D eigenvalue weighted by molar-refractivity contribution is -0.116. The average molecular weight is 337 g/mol. The van der Waals surface area contributed by atoms with Gasteiger partial charge in [-0.25, -0.2) is 4.39 Å². The second-order valence-corrected chi connectivity index (χ2v) is 6.69. The maximum absolute atomic E-state index is 13.6. The zero-order valence-corrected chi connectivity index (χ0v) is 13.3. The number of anilines is 1. The fraction of sp³-hybridized carbons (Fsp3) is 0.278. The topological polar surface area (TPSA) is 86.5 Å². The molecule has 1 aromatic carbocycles. The molecule has 3 aromatic rings. The van der Waals surface area contributed by atoms with E-state index in [0.29, 0.717) is 18.2 Å². The smallest absolute Gasteiger partial charge is 0.226 e. The third-order valence-corrected chi connectivity index (χ3v) is 4.97. The van der Waals surface area contributed by atoms with Crippen LogP contribution in [0.25, 0.3) is 11.3 Å². The zero-order chi connectivity index (χ0) is 17.0. The molecule has 2 aromatic heterocycles. The first-order chi connectivity index (χ1) is 12.2. The van der Waals surface area contributed by atoms with Crippen molar-refractivity contribution >= 4 is 11.7 Å². The third kappa shape index (κ3) is 2.34. The van der Waals surface area contributed by atoms with Gasteiger partial charge in [0.25, 0.3) is 0 Å². The van der Waals surface area contributed by atoms with Crippen molar-refractivity contribution in [2.45, 2.75) is 31.1 Å². The summed E-state index contributed by atoms with van der Waals surface area (Å²) in [5, 5.41) is 17.4. The van der Waals surface area contributed by atoms with E-state index in [-0.39, 0.29) is 17.6 Å². The summed E-state index contributed by atoms with van der Waals surface area (Å²) in [5.74, 6) is 0.572. The van der Waals surface area contributed by atoms with Crippen LogP contribution in [0.4, 0.5) is 10.2 Å². The molecule has 1 unspecified atom stereocenters. The molecule has 1 atom stereocenters. The molecule has 1 fully saturated rings. The Balaban J connectivity index is 1.65. The molecular formula is C18H16FN5O. The Morgan fingerprint density at radius 3 is 2.88 bits per heavy atom. The van der Waals surface area contributed by atoms with Crippen LogP contribution < -0.4 is 5.32 Å². The van der Waals surface area contributed by atoms with Crippen LogP contribution in [-0.4, -0.2) is 26.3 Å². The van der Waals surface area contributed by atoms with Crippen LogP contribution in [0, 0.1) is 5.82 Å². The number of benzene rings is 1. The van der Waals surface area contributed by atoms with Crippen LogP contribution in [0.5, 0.6) is 0 Å². The first kappa shape index (κ1) is 14.4. The molecule has 0 radical (unpaired) electrons. The van der Waals surface area contributed by atoms with Crippen LogP contribution in [-0.2, 0) is 4.79 Å². The van der Waals surface area contributed by atoms with Gasteiger partial charge in [-0.15, -0.1) is 0 Å². The zero-order valence-electron chi connectivity index (χ0n) is 13.3. The van der Waals surface area contributed by atoms with Crippen molar-refractivity contribution in [3.8, 4) is 11.3 Å². The highest BCUT2D eigenvalue weighted by atomic mass is 19.1. The molecule has 3 heterocycles. The highest BCUT2D eigenvalue weighted by Crippen LogP contribution is 2.48. The third-order valence-electron chi connectivity index (χ3n) is 4.97. The van der Waals surface area contributed by atoms with E-state index in [4.69, 9.17) is 0 Å². The first-order valence-electron chi connectivity index (χ1n) is 8.38. The standard InChI is InChI=1S/C18H16FN5O/c19-11-3-1-2-10(6-11)16-13(8-20-22-16)12-7-14(25)21-18-15(12)17(23-24-18)9-4-5-9/h1-3,6,8-9,12H,4-5,7H2,(H,20,22)(H2,21,23,24,25). The highest BCUT2D eigenvalue weighted by molar-refractivity contribution is 5.95. The normalized spacial score (nSPS) is 19.6. The number of aromatic amines is 2. The minimum absolute atomic E-state index is 0.0715. The molecule has 6 nitrogen and oxygen atoms in total. The van der Waals surface area contributed by atoms with Gasteiger partial charge < -0.3 is 5.32 Å². The molecule has 0 spiro atoms. The molecule has 0 saturated heterocycles. The lowest BCUT2D eigenvalue weighted by Gasteiger charge is -2.23. The molecule has 25 heavy (non-hydrogen) atoms. The van der Waals surface area contributed by atoms with Gasteiger partial charge in [-0.1, -0.05) is 12.1 Å². The van der Waals surface area contributed by atoms with Crippen LogP contribution in [0.15, 0.2) is 30.5 Å². The van der Waals surface area contributed by atoms with E-state index in [0.717, 1.165) is 40.9 Å². The molecule has 0 bridgehead atoms. The maximum Gasteiger partial charge on any atom is 0.226 e. The maximum atomic E-state index is 13.6. The number of carbonyl (C=O) groups is 1. The number of halogens is 1. The summed E-state index contributed by atoms with van der Waals surface area (Å²) in [7, 11) is 0. The number of hydrogen-bond acceptors (Lipinski definition) is 3. The minimum atomic E-state index is -0.304. The Bertz CT molecular complexity index is 972. The van der Waals surface area contributed by atoms with Gasteiger partial charge in [-0.3, -0.25) is 15.0 Å². The van der Waals surface area contributed by atoms with E-state index in [1.54, 1.807) is 12.3 Å². The quantitative estimate of drug-likeness (QED) is 0.685. The number of H-pyrrole nitrogens is 2. The van der Waals surface area contributed by atoms with Crippen molar-refractivity contribution in [3.63, 3.8) is 0 Å². The molecule has 7 heteroatoms. The Kier molecular flexibility index (Phi) is 3.03. The van der Waals surface area contributed by atoms with E-state index in [1.807, 2.05) is 6.07 Å². The molecule has 126 valence electrons. The average Bonchev–Trinajstić information content (AvgIpc) is 3.17. The summed E-state index contributed by atoms with van der Waals surface area (Å²) >= 11 is 0.